The minimum absolute atomic E-state index is 0.871. The molecule has 146 valence electrons. The lowest BCUT2D eigenvalue weighted by Crippen LogP contribution is -2.47. The Kier molecular flexibility index (Phi) is 5.20. The number of rotatable bonds is 6. The van der Waals surface area contributed by atoms with Crippen LogP contribution in [-0.2, 0) is 6.54 Å². The maximum absolute atomic E-state index is 5.99. The zero-order valence-corrected chi connectivity index (χ0v) is 16.5. The first-order valence-electron chi connectivity index (χ1n) is 10.8. The molecule has 2 bridgehead atoms. The van der Waals surface area contributed by atoms with Crippen LogP contribution in [0.3, 0.4) is 0 Å². The molecule has 0 amide bonds. The van der Waals surface area contributed by atoms with Crippen LogP contribution in [0.1, 0.15) is 18.4 Å². The summed E-state index contributed by atoms with van der Waals surface area (Å²) in [5.74, 6) is 4.49. The van der Waals surface area contributed by atoms with Crippen LogP contribution in [0.2, 0.25) is 0 Å². The van der Waals surface area contributed by atoms with Gasteiger partial charge in [0.1, 0.15) is 11.5 Å². The normalized spacial score (nSPS) is 27.4. The first kappa shape index (κ1) is 18.0. The van der Waals surface area contributed by atoms with Gasteiger partial charge in [0.25, 0.3) is 0 Å². The molecule has 0 N–H and O–H groups in total. The van der Waals surface area contributed by atoms with Gasteiger partial charge in [0.15, 0.2) is 0 Å². The van der Waals surface area contributed by atoms with Gasteiger partial charge < -0.3 is 9.64 Å². The zero-order valence-electron chi connectivity index (χ0n) is 16.5. The SMILES string of the molecule is C1=C[C@H]2C[C@H]1C[C@H]2CN1CCN(Cc2cccc(Oc3ccccc3)c2)CC1. The smallest absolute Gasteiger partial charge is 0.127 e. The van der Waals surface area contributed by atoms with E-state index in [1.165, 1.54) is 51.1 Å². The van der Waals surface area contributed by atoms with Crippen molar-refractivity contribution in [1.29, 1.82) is 0 Å². The lowest BCUT2D eigenvalue weighted by molar-refractivity contribution is 0.108. The Labute approximate surface area is 168 Å². The Morgan fingerprint density at radius 3 is 2.32 bits per heavy atom. The highest BCUT2D eigenvalue weighted by atomic mass is 16.5. The van der Waals surface area contributed by atoms with Crippen LogP contribution in [0.5, 0.6) is 11.5 Å². The van der Waals surface area contributed by atoms with Gasteiger partial charge in [-0.15, -0.1) is 0 Å². The lowest BCUT2D eigenvalue weighted by atomic mass is 9.93. The number of piperazine rings is 1. The number of allylic oxidation sites excluding steroid dienone is 2. The lowest BCUT2D eigenvalue weighted by Gasteiger charge is -2.37. The van der Waals surface area contributed by atoms with Crippen molar-refractivity contribution in [2.24, 2.45) is 17.8 Å². The molecule has 5 rings (SSSR count). The molecule has 3 heteroatoms. The third-order valence-corrected chi connectivity index (χ3v) is 6.66. The summed E-state index contributed by atoms with van der Waals surface area (Å²) >= 11 is 0. The zero-order chi connectivity index (χ0) is 18.8. The number of fused-ring (bicyclic) bond motifs is 2. The summed E-state index contributed by atoms with van der Waals surface area (Å²) in [7, 11) is 0. The number of benzene rings is 2. The van der Waals surface area contributed by atoms with Gasteiger partial charge in [-0.1, -0.05) is 42.5 Å². The van der Waals surface area contributed by atoms with E-state index >= 15 is 0 Å². The van der Waals surface area contributed by atoms with Crippen molar-refractivity contribution >= 4 is 0 Å². The van der Waals surface area contributed by atoms with Gasteiger partial charge in [0.2, 0.25) is 0 Å². The molecular weight excluding hydrogens is 344 g/mol. The molecule has 0 aromatic heterocycles. The molecular formula is C25H30N2O. The maximum Gasteiger partial charge on any atom is 0.127 e. The van der Waals surface area contributed by atoms with E-state index < -0.39 is 0 Å². The number of hydrogen-bond acceptors (Lipinski definition) is 3. The van der Waals surface area contributed by atoms with Crippen LogP contribution in [0.25, 0.3) is 0 Å². The minimum Gasteiger partial charge on any atom is -0.457 e. The number of ether oxygens (including phenoxy) is 1. The van der Waals surface area contributed by atoms with E-state index in [-0.39, 0.29) is 0 Å². The third-order valence-electron chi connectivity index (χ3n) is 6.66. The standard InChI is InChI=1S/C25H30N2O/c1-2-6-24(7-3-1)28-25-8-4-5-21(17-25)18-26-11-13-27(14-12-26)19-23-16-20-9-10-22(23)15-20/h1-10,17,20,22-23H,11-16,18-19H2/t20-,22-,23-/m0/s1. The predicted molar refractivity (Wildman–Crippen MR) is 114 cm³/mol. The van der Waals surface area contributed by atoms with Crippen LogP contribution in [-0.4, -0.2) is 42.5 Å². The monoisotopic (exact) mass is 374 g/mol. The summed E-state index contributed by atoms with van der Waals surface area (Å²) in [4.78, 5) is 5.28. The highest BCUT2D eigenvalue weighted by Gasteiger charge is 2.36. The van der Waals surface area contributed by atoms with Crippen molar-refractivity contribution < 1.29 is 4.74 Å². The second-order valence-corrected chi connectivity index (χ2v) is 8.68. The molecule has 0 spiro atoms. The fourth-order valence-corrected chi connectivity index (χ4v) is 5.16. The molecule has 1 aliphatic heterocycles. The molecule has 2 aliphatic carbocycles. The molecule has 28 heavy (non-hydrogen) atoms. The van der Waals surface area contributed by atoms with Crippen molar-refractivity contribution in [1.82, 2.24) is 9.80 Å². The Balaban J connectivity index is 1.12. The van der Waals surface area contributed by atoms with Crippen LogP contribution in [0.15, 0.2) is 66.7 Å². The summed E-state index contributed by atoms with van der Waals surface area (Å²) in [5, 5.41) is 0. The summed E-state index contributed by atoms with van der Waals surface area (Å²) < 4.78 is 5.99. The molecule has 2 fully saturated rings. The molecule has 3 aliphatic rings. The quantitative estimate of drug-likeness (QED) is 0.675. The molecule has 3 atom stereocenters. The molecule has 1 heterocycles. The van der Waals surface area contributed by atoms with Gasteiger partial charge in [0.05, 0.1) is 0 Å². The van der Waals surface area contributed by atoms with Gasteiger partial charge in [-0.25, -0.2) is 0 Å². The Morgan fingerprint density at radius 2 is 1.57 bits per heavy atom. The van der Waals surface area contributed by atoms with Crippen molar-refractivity contribution in [3.63, 3.8) is 0 Å². The van der Waals surface area contributed by atoms with Crippen molar-refractivity contribution in [2.45, 2.75) is 19.4 Å². The van der Waals surface area contributed by atoms with Crippen LogP contribution in [0.4, 0.5) is 0 Å². The third kappa shape index (κ3) is 4.16. The van der Waals surface area contributed by atoms with Crippen LogP contribution >= 0.6 is 0 Å². The van der Waals surface area contributed by atoms with Crippen LogP contribution in [0, 0.1) is 17.8 Å². The Hall–Kier alpha value is -2.10. The Bertz CT molecular complexity index is 810. The summed E-state index contributed by atoms with van der Waals surface area (Å²) in [5.41, 5.74) is 1.33. The Morgan fingerprint density at radius 1 is 0.786 bits per heavy atom. The first-order chi connectivity index (χ1) is 13.8. The highest BCUT2D eigenvalue weighted by molar-refractivity contribution is 5.33. The van der Waals surface area contributed by atoms with E-state index in [0.29, 0.717) is 0 Å². The number of hydrogen-bond donors (Lipinski definition) is 0. The second kappa shape index (κ2) is 8.10. The number of nitrogens with zero attached hydrogens (tertiary/aromatic N) is 2. The fraction of sp³-hybridized carbons (Fsp3) is 0.440. The van der Waals surface area contributed by atoms with E-state index in [1.54, 1.807) is 0 Å². The second-order valence-electron chi connectivity index (χ2n) is 8.68. The van der Waals surface area contributed by atoms with Gasteiger partial charge in [-0.05, 0) is 60.4 Å². The first-order valence-corrected chi connectivity index (χ1v) is 10.8. The molecule has 3 nitrogen and oxygen atoms in total. The van der Waals surface area contributed by atoms with E-state index in [1.807, 2.05) is 36.4 Å². The summed E-state index contributed by atoms with van der Waals surface area (Å²) in [6.45, 7) is 7.06. The molecule has 2 aromatic carbocycles. The van der Waals surface area contributed by atoms with Crippen molar-refractivity contribution in [3.8, 4) is 11.5 Å². The van der Waals surface area contributed by atoms with Gasteiger partial charge >= 0.3 is 0 Å². The molecule has 2 aromatic rings. The molecule has 0 radical (unpaired) electrons. The number of para-hydroxylation sites is 1. The van der Waals surface area contributed by atoms with Gasteiger partial charge in [-0.2, -0.15) is 0 Å². The average molecular weight is 375 g/mol. The average Bonchev–Trinajstić information content (AvgIpc) is 3.34. The topological polar surface area (TPSA) is 15.7 Å². The van der Waals surface area contributed by atoms with E-state index in [0.717, 1.165) is 35.8 Å². The van der Waals surface area contributed by atoms with Gasteiger partial charge in [-0.3, -0.25) is 4.90 Å². The van der Waals surface area contributed by atoms with E-state index in [4.69, 9.17) is 4.74 Å². The maximum atomic E-state index is 5.99. The van der Waals surface area contributed by atoms with Gasteiger partial charge in [0, 0.05) is 39.3 Å². The summed E-state index contributed by atoms with van der Waals surface area (Å²) in [6, 6.07) is 18.6. The molecule has 1 saturated heterocycles. The largest absolute Gasteiger partial charge is 0.457 e. The highest BCUT2D eigenvalue weighted by Crippen LogP contribution is 2.43. The molecule has 0 unspecified atom stereocenters. The minimum atomic E-state index is 0.871. The van der Waals surface area contributed by atoms with Crippen LogP contribution < -0.4 is 4.74 Å². The van der Waals surface area contributed by atoms with Crippen molar-refractivity contribution in [2.75, 3.05) is 32.7 Å². The van der Waals surface area contributed by atoms with E-state index in [9.17, 15) is 0 Å². The fourth-order valence-electron chi connectivity index (χ4n) is 5.16. The van der Waals surface area contributed by atoms with E-state index in [2.05, 4.69) is 40.2 Å². The summed E-state index contributed by atoms with van der Waals surface area (Å²) in [6.07, 6.45) is 7.79. The molecule has 1 saturated carbocycles. The van der Waals surface area contributed by atoms with Crippen molar-refractivity contribution in [3.05, 3.63) is 72.3 Å². The predicted octanol–water partition coefficient (Wildman–Crippen LogP) is 4.81.